The first-order valence-corrected chi connectivity index (χ1v) is 5.02. The van der Waals surface area contributed by atoms with E-state index in [4.69, 9.17) is 10.5 Å². The maximum atomic E-state index is 5.75. The number of rotatable bonds is 2. The van der Waals surface area contributed by atoms with Crippen molar-refractivity contribution in [3.8, 4) is 5.75 Å². The van der Waals surface area contributed by atoms with Crippen molar-refractivity contribution in [1.29, 1.82) is 0 Å². The van der Waals surface area contributed by atoms with Crippen LogP contribution in [0.15, 0.2) is 12.1 Å². The number of ether oxygens (including phenoxy) is 1. The van der Waals surface area contributed by atoms with Crippen LogP contribution >= 0.6 is 15.9 Å². The van der Waals surface area contributed by atoms with Crippen LogP contribution in [0.25, 0.3) is 0 Å². The minimum Gasteiger partial charge on any atom is -0.496 e. The van der Waals surface area contributed by atoms with Crippen molar-refractivity contribution in [2.75, 3.05) is 7.11 Å². The van der Waals surface area contributed by atoms with E-state index in [1.165, 1.54) is 11.1 Å². The first-order valence-electron chi connectivity index (χ1n) is 4.11. The molecule has 2 N–H and O–H groups in total. The van der Waals surface area contributed by atoms with Gasteiger partial charge in [-0.15, -0.1) is 0 Å². The molecule has 0 aliphatic carbocycles. The molecule has 1 atom stereocenters. The molecule has 13 heavy (non-hydrogen) atoms. The Morgan fingerprint density at radius 1 is 1.31 bits per heavy atom. The second kappa shape index (κ2) is 4.11. The minimum atomic E-state index is -0.165. The summed E-state index contributed by atoms with van der Waals surface area (Å²) in [6.45, 7) is 4.12. The van der Waals surface area contributed by atoms with Crippen molar-refractivity contribution in [2.24, 2.45) is 5.73 Å². The zero-order valence-electron chi connectivity index (χ0n) is 8.10. The van der Waals surface area contributed by atoms with Crippen LogP contribution in [-0.4, -0.2) is 7.11 Å². The summed E-state index contributed by atoms with van der Waals surface area (Å²) in [5.41, 5.74) is 9.18. The van der Waals surface area contributed by atoms with Crippen LogP contribution in [0.4, 0.5) is 0 Å². The van der Waals surface area contributed by atoms with Gasteiger partial charge in [0.05, 0.1) is 12.1 Å². The van der Waals surface area contributed by atoms with E-state index in [9.17, 15) is 0 Å². The highest BCUT2D eigenvalue weighted by molar-refractivity contribution is 9.09. The van der Waals surface area contributed by atoms with Gasteiger partial charge in [-0.1, -0.05) is 15.9 Å². The standard InChI is InChI=1S/C10H14BrNO/c1-6-4-8(10(11)12)9(13-3)5-7(6)2/h4-5,10H,12H2,1-3H3. The lowest BCUT2D eigenvalue weighted by molar-refractivity contribution is 0.409. The molecule has 3 heteroatoms. The van der Waals surface area contributed by atoms with Crippen molar-refractivity contribution in [2.45, 2.75) is 18.8 Å². The van der Waals surface area contributed by atoms with E-state index in [-0.39, 0.29) is 4.95 Å². The molecular formula is C10H14BrNO. The van der Waals surface area contributed by atoms with Gasteiger partial charge in [-0.25, -0.2) is 0 Å². The Kier molecular flexibility index (Phi) is 3.33. The van der Waals surface area contributed by atoms with E-state index in [0.29, 0.717) is 0 Å². The Balaban J connectivity index is 3.25. The van der Waals surface area contributed by atoms with Crippen LogP contribution < -0.4 is 10.5 Å². The Morgan fingerprint density at radius 3 is 2.31 bits per heavy atom. The van der Waals surface area contributed by atoms with Gasteiger partial charge >= 0.3 is 0 Å². The van der Waals surface area contributed by atoms with E-state index in [2.05, 4.69) is 29.8 Å². The van der Waals surface area contributed by atoms with Gasteiger partial charge in [0.15, 0.2) is 0 Å². The zero-order valence-corrected chi connectivity index (χ0v) is 9.68. The number of alkyl halides is 1. The van der Waals surface area contributed by atoms with Crippen LogP contribution in [0, 0.1) is 13.8 Å². The largest absolute Gasteiger partial charge is 0.496 e. The molecule has 0 saturated heterocycles. The zero-order chi connectivity index (χ0) is 10.0. The van der Waals surface area contributed by atoms with Crippen LogP contribution in [0.2, 0.25) is 0 Å². The number of aryl methyl sites for hydroxylation is 2. The fraction of sp³-hybridized carbons (Fsp3) is 0.400. The summed E-state index contributed by atoms with van der Waals surface area (Å²) in [6, 6.07) is 4.05. The first kappa shape index (κ1) is 10.5. The summed E-state index contributed by atoms with van der Waals surface area (Å²) < 4.78 is 5.23. The summed E-state index contributed by atoms with van der Waals surface area (Å²) in [5.74, 6) is 0.840. The summed E-state index contributed by atoms with van der Waals surface area (Å²) >= 11 is 3.33. The normalized spacial score (nSPS) is 12.7. The SMILES string of the molecule is COc1cc(C)c(C)cc1C(N)Br. The lowest BCUT2D eigenvalue weighted by atomic mass is 10.1. The summed E-state index contributed by atoms with van der Waals surface area (Å²) in [7, 11) is 1.66. The molecule has 72 valence electrons. The van der Waals surface area contributed by atoms with Gasteiger partial charge in [0, 0.05) is 5.56 Å². The van der Waals surface area contributed by atoms with Crippen molar-refractivity contribution in [3.05, 3.63) is 28.8 Å². The van der Waals surface area contributed by atoms with Crippen LogP contribution in [0.3, 0.4) is 0 Å². The molecule has 1 unspecified atom stereocenters. The van der Waals surface area contributed by atoms with Crippen molar-refractivity contribution < 1.29 is 4.74 Å². The average molecular weight is 244 g/mol. The molecule has 1 aromatic carbocycles. The highest BCUT2D eigenvalue weighted by atomic mass is 79.9. The third-order valence-corrected chi connectivity index (χ3v) is 2.64. The average Bonchev–Trinajstić information content (AvgIpc) is 2.08. The Morgan fingerprint density at radius 2 is 1.85 bits per heavy atom. The van der Waals surface area contributed by atoms with Gasteiger partial charge in [-0.3, -0.25) is 0 Å². The molecule has 1 aromatic rings. The molecule has 0 heterocycles. The van der Waals surface area contributed by atoms with Crippen molar-refractivity contribution >= 4 is 15.9 Å². The minimum absolute atomic E-state index is 0.165. The van der Waals surface area contributed by atoms with Crippen LogP contribution in [0.1, 0.15) is 21.6 Å². The second-order valence-electron chi connectivity index (χ2n) is 3.08. The Bertz CT molecular complexity index is 310. The van der Waals surface area contributed by atoms with E-state index >= 15 is 0 Å². The highest BCUT2D eigenvalue weighted by Gasteiger charge is 2.10. The van der Waals surface area contributed by atoms with Gasteiger partial charge in [0.2, 0.25) is 0 Å². The molecular weight excluding hydrogens is 230 g/mol. The smallest absolute Gasteiger partial charge is 0.124 e. The third-order valence-electron chi connectivity index (χ3n) is 2.14. The van der Waals surface area contributed by atoms with E-state index in [1.54, 1.807) is 7.11 Å². The highest BCUT2D eigenvalue weighted by Crippen LogP contribution is 2.29. The fourth-order valence-corrected chi connectivity index (χ4v) is 1.56. The molecule has 1 rings (SSSR count). The maximum absolute atomic E-state index is 5.75. The number of hydrogen-bond donors (Lipinski definition) is 1. The Labute approximate surface area is 87.2 Å². The maximum Gasteiger partial charge on any atom is 0.124 e. The number of methoxy groups -OCH3 is 1. The van der Waals surface area contributed by atoms with E-state index < -0.39 is 0 Å². The molecule has 0 fully saturated rings. The van der Waals surface area contributed by atoms with Gasteiger partial charge < -0.3 is 10.5 Å². The number of nitrogens with two attached hydrogens (primary N) is 1. The quantitative estimate of drug-likeness (QED) is 0.641. The fourth-order valence-electron chi connectivity index (χ4n) is 1.20. The first-order chi connectivity index (χ1) is 6.06. The summed E-state index contributed by atoms with van der Waals surface area (Å²) in [4.78, 5) is -0.165. The molecule has 0 aliphatic heterocycles. The number of halogens is 1. The van der Waals surface area contributed by atoms with Crippen molar-refractivity contribution in [1.82, 2.24) is 0 Å². The molecule has 0 aromatic heterocycles. The van der Waals surface area contributed by atoms with Crippen LogP contribution in [-0.2, 0) is 0 Å². The van der Waals surface area contributed by atoms with Gasteiger partial charge in [-0.2, -0.15) is 0 Å². The van der Waals surface area contributed by atoms with E-state index in [0.717, 1.165) is 11.3 Å². The van der Waals surface area contributed by atoms with Crippen molar-refractivity contribution in [3.63, 3.8) is 0 Å². The lowest BCUT2D eigenvalue weighted by Gasteiger charge is -2.13. The topological polar surface area (TPSA) is 35.2 Å². The lowest BCUT2D eigenvalue weighted by Crippen LogP contribution is -2.05. The van der Waals surface area contributed by atoms with Gasteiger partial charge in [-0.05, 0) is 37.1 Å². The second-order valence-corrected chi connectivity index (χ2v) is 4.07. The van der Waals surface area contributed by atoms with Crippen LogP contribution in [0.5, 0.6) is 5.75 Å². The molecule has 0 radical (unpaired) electrons. The monoisotopic (exact) mass is 243 g/mol. The predicted octanol–water partition coefficient (Wildman–Crippen LogP) is 2.66. The third kappa shape index (κ3) is 2.23. The molecule has 0 bridgehead atoms. The molecule has 0 amide bonds. The van der Waals surface area contributed by atoms with E-state index in [1.807, 2.05) is 12.1 Å². The molecule has 2 nitrogen and oxygen atoms in total. The summed E-state index contributed by atoms with van der Waals surface area (Å²) in [5, 5.41) is 0. The van der Waals surface area contributed by atoms with Gasteiger partial charge in [0.25, 0.3) is 0 Å². The molecule has 0 saturated carbocycles. The molecule has 0 spiro atoms. The Hall–Kier alpha value is -0.540. The number of hydrogen-bond acceptors (Lipinski definition) is 2. The molecule has 0 aliphatic rings. The summed E-state index contributed by atoms with van der Waals surface area (Å²) in [6.07, 6.45) is 0. The van der Waals surface area contributed by atoms with Gasteiger partial charge in [0.1, 0.15) is 5.75 Å². The predicted molar refractivity (Wildman–Crippen MR) is 58.3 cm³/mol. The number of benzene rings is 1.